The molecule has 4 nitrogen and oxygen atoms in total. The molecule has 0 rings (SSSR count). The number of rotatable bonds is 7. The van der Waals surface area contributed by atoms with E-state index < -0.39 is 0 Å². The minimum Gasteiger partial charge on any atom is -0.466 e. The highest BCUT2D eigenvalue weighted by Crippen LogP contribution is 2.02. The third kappa shape index (κ3) is 7.33. The second-order valence-corrected chi connectivity index (χ2v) is 3.99. The van der Waals surface area contributed by atoms with Crippen LogP contribution in [0.5, 0.6) is 0 Å². The quantitative estimate of drug-likeness (QED) is 0.647. The van der Waals surface area contributed by atoms with Crippen molar-refractivity contribution in [3.8, 4) is 0 Å². The Morgan fingerprint density at radius 3 is 2.40 bits per heavy atom. The van der Waals surface area contributed by atoms with Crippen LogP contribution < -0.4 is 0 Å². The van der Waals surface area contributed by atoms with Gasteiger partial charge in [0.2, 0.25) is 0 Å². The van der Waals surface area contributed by atoms with Crippen molar-refractivity contribution >= 4 is 5.97 Å². The normalized spacial score (nSPS) is 13.3. The molecular formula is C11H23NO3. The molecule has 0 spiro atoms. The molecule has 0 radical (unpaired) electrons. The smallest absolute Gasteiger partial charge is 0.307 e. The predicted molar refractivity (Wildman–Crippen MR) is 59.6 cm³/mol. The number of aliphatic hydroxyl groups excluding tert-OH is 1. The molecule has 0 aromatic heterocycles. The van der Waals surface area contributed by atoms with Crippen LogP contribution in [0.2, 0.25) is 0 Å². The molecule has 0 aliphatic rings. The molecule has 0 aliphatic heterocycles. The van der Waals surface area contributed by atoms with Crippen LogP contribution in [-0.4, -0.2) is 47.8 Å². The lowest BCUT2D eigenvalue weighted by Crippen LogP contribution is -2.38. The molecule has 90 valence electrons. The second kappa shape index (κ2) is 7.65. The van der Waals surface area contributed by atoms with E-state index >= 15 is 0 Å². The first-order chi connectivity index (χ1) is 6.97. The number of carbonyl (C=O) groups is 1. The van der Waals surface area contributed by atoms with Crippen LogP contribution in [0.4, 0.5) is 0 Å². The zero-order valence-corrected chi connectivity index (χ0v) is 10.2. The number of hydrogen-bond donors (Lipinski definition) is 1. The fourth-order valence-electron chi connectivity index (χ4n) is 1.37. The molecular weight excluding hydrogens is 194 g/mol. The average molecular weight is 217 g/mol. The SMILES string of the molecule is CCOC(=O)CCN(CC(C)O)C(C)C. The van der Waals surface area contributed by atoms with Crippen molar-refractivity contribution in [1.82, 2.24) is 4.90 Å². The van der Waals surface area contributed by atoms with Gasteiger partial charge in [-0.2, -0.15) is 0 Å². The van der Waals surface area contributed by atoms with Gasteiger partial charge in [-0.25, -0.2) is 0 Å². The Labute approximate surface area is 92.2 Å². The molecule has 0 aromatic carbocycles. The Bertz CT molecular complexity index is 181. The third-order valence-corrected chi connectivity index (χ3v) is 2.14. The molecule has 0 amide bonds. The molecule has 0 saturated heterocycles. The first-order valence-corrected chi connectivity index (χ1v) is 5.55. The minimum absolute atomic E-state index is 0.172. The van der Waals surface area contributed by atoms with Crippen LogP contribution in [0, 0.1) is 0 Å². The van der Waals surface area contributed by atoms with Gasteiger partial charge in [-0.1, -0.05) is 0 Å². The summed E-state index contributed by atoms with van der Waals surface area (Å²) in [5.74, 6) is -0.172. The van der Waals surface area contributed by atoms with Crippen LogP contribution in [0.15, 0.2) is 0 Å². The van der Waals surface area contributed by atoms with Gasteiger partial charge in [-0.05, 0) is 27.7 Å². The lowest BCUT2D eigenvalue weighted by atomic mass is 10.2. The molecule has 0 aromatic rings. The van der Waals surface area contributed by atoms with E-state index in [0.29, 0.717) is 32.2 Å². The standard InChI is InChI=1S/C11H23NO3/c1-5-15-11(14)6-7-12(9(2)3)8-10(4)13/h9-10,13H,5-8H2,1-4H3. The van der Waals surface area contributed by atoms with Crippen molar-refractivity contribution < 1.29 is 14.6 Å². The van der Waals surface area contributed by atoms with Crippen LogP contribution in [-0.2, 0) is 9.53 Å². The van der Waals surface area contributed by atoms with E-state index in [-0.39, 0.29) is 12.1 Å². The molecule has 15 heavy (non-hydrogen) atoms. The van der Waals surface area contributed by atoms with Crippen LogP contribution in [0.1, 0.15) is 34.1 Å². The second-order valence-electron chi connectivity index (χ2n) is 3.99. The number of nitrogens with zero attached hydrogens (tertiary/aromatic N) is 1. The van der Waals surface area contributed by atoms with E-state index in [2.05, 4.69) is 4.90 Å². The summed E-state index contributed by atoms with van der Waals surface area (Å²) in [6.07, 6.45) is 0.0215. The van der Waals surface area contributed by atoms with Crippen molar-refractivity contribution in [3.05, 3.63) is 0 Å². The predicted octanol–water partition coefficient (Wildman–Crippen LogP) is 1.03. The highest BCUT2D eigenvalue weighted by molar-refractivity contribution is 5.69. The summed E-state index contributed by atoms with van der Waals surface area (Å²) in [5.41, 5.74) is 0. The van der Waals surface area contributed by atoms with Crippen LogP contribution >= 0.6 is 0 Å². The van der Waals surface area contributed by atoms with Gasteiger partial charge in [-0.15, -0.1) is 0 Å². The van der Waals surface area contributed by atoms with E-state index in [1.807, 2.05) is 13.8 Å². The molecule has 1 N–H and O–H groups in total. The van der Waals surface area contributed by atoms with Gasteiger partial charge in [0.1, 0.15) is 0 Å². The Balaban J connectivity index is 3.90. The third-order valence-electron chi connectivity index (χ3n) is 2.14. The number of ether oxygens (including phenoxy) is 1. The number of esters is 1. The summed E-state index contributed by atoms with van der Waals surface area (Å²) in [5, 5.41) is 9.28. The Kier molecular flexibility index (Phi) is 7.34. The van der Waals surface area contributed by atoms with Crippen molar-refractivity contribution in [2.24, 2.45) is 0 Å². The molecule has 0 saturated carbocycles. The summed E-state index contributed by atoms with van der Waals surface area (Å²) in [7, 11) is 0. The van der Waals surface area contributed by atoms with E-state index in [1.54, 1.807) is 13.8 Å². The first kappa shape index (κ1) is 14.4. The maximum atomic E-state index is 11.1. The number of carbonyl (C=O) groups excluding carboxylic acids is 1. The zero-order chi connectivity index (χ0) is 11.8. The number of hydrogen-bond acceptors (Lipinski definition) is 4. The summed E-state index contributed by atoms with van der Waals surface area (Å²) in [4.78, 5) is 13.2. The van der Waals surface area contributed by atoms with Crippen LogP contribution in [0.3, 0.4) is 0 Å². The van der Waals surface area contributed by atoms with Gasteiger partial charge in [0.05, 0.1) is 19.1 Å². The van der Waals surface area contributed by atoms with Crippen molar-refractivity contribution in [3.63, 3.8) is 0 Å². The lowest BCUT2D eigenvalue weighted by Gasteiger charge is -2.27. The van der Waals surface area contributed by atoms with E-state index in [4.69, 9.17) is 4.74 Å². The van der Waals surface area contributed by atoms with E-state index in [9.17, 15) is 9.90 Å². The fraction of sp³-hybridized carbons (Fsp3) is 0.909. The van der Waals surface area contributed by atoms with Gasteiger partial charge < -0.3 is 9.84 Å². The maximum absolute atomic E-state index is 11.1. The van der Waals surface area contributed by atoms with E-state index in [0.717, 1.165) is 0 Å². The molecule has 0 heterocycles. The maximum Gasteiger partial charge on any atom is 0.307 e. The monoisotopic (exact) mass is 217 g/mol. The molecule has 1 atom stereocenters. The minimum atomic E-state index is -0.366. The molecule has 4 heteroatoms. The highest BCUT2D eigenvalue weighted by Gasteiger charge is 2.13. The van der Waals surface area contributed by atoms with Crippen molar-refractivity contribution in [1.29, 1.82) is 0 Å². The van der Waals surface area contributed by atoms with Gasteiger partial charge >= 0.3 is 5.97 Å². The highest BCUT2D eigenvalue weighted by atomic mass is 16.5. The number of aliphatic hydroxyl groups is 1. The topological polar surface area (TPSA) is 49.8 Å². The largest absolute Gasteiger partial charge is 0.466 e. The Morgan fingerprint density at radius 1 is 1.40 bits per heavy atom. The summed E-state index contributed by atoms with van der Waals surface area (Å²) < 4.78 is 4.85. The van der Waals surface area contributed by atoms with E-state index in [1.165, 1.54) is 0 Å². The van der Waals surface area contributed by atoms with Gasteiger partial charge in [0, 0.05) is 19.1 Å². The lowest BCUT2D eigenvalue weighted by molar-refractivity contribution is -0.143. The summed E-state index contributed by atoms with van der Waals surface area (Å²) in [6.45, 7) is 9.31. The molecule has 0 aliphatic carbocycles. The Hall–Kier alpha value is -0.610. The van der Waals surface area contributed by atoms with Gasteiger partial charge in [0.25, 0.3) is 0 Å². The summed E-state index contributed by atoms with van der Waals surface area (Å²) in [6, 6.07) is 0.328. The van der Waals surface area contributed by atoms with Crippen LogP contribution in [0.25, 0.3) is 0 Å². The van der Waals surface area contributed by atoms with Crippen molar-refractivity contribution in [2.75, 3.05) is 19.7 Å². The van der Waals surface area contributed by atoms with Crippen molar-refractivity contribution in [2.45, 2.75) is 46.3 Å². The Morgan fingerprint density at radius 2 is 2.00 bits per heavy atom. The first-order valence-electron chi connectivity index (χ1n) is 5.55. The average Bonchev–Trinajstić information content (AvgIpc) is 2.11. The fourth-order valence-corrected chi connectivity index (χ4v) is 1.37. The summed E-state index contributed by atoms with van der Waals surface area (Å²) >= 11 is 0. The van der Waals surface area contributed by atoms with Gasteiger partial charge in [0.15, 0.2) is 0 Å². The van der Waals surface area contributed by atoms with Gasteiger partial charge in [-0.3, -0.25) is 9.69 Å². The molecule has 0 bridgehead atoms. The zero-order valence-electron chi connectivity index (χ0n) is 10.2. The molecule has 1 unspecified atom stereocenters. The molecule has 0 fully saturated rings.